The fourth-order valence-corrected chi connectivity index (χ4v) is 10.8. The first-order chi connectivity index (χ1) is 26.0. The van der Waals surface area contributed by atoms with Crippen molar-refractivity contribution in [1.82, 2.24) is 10.3 Å². The van der Waals surface area contributed by atoms with E-state index in [9.17, 15) is 15.0 Å². The van der Waals surface area contributed by atoms with E-state index >= 15 is 0 Å². The molecule has 286 valence electrons. The molecule has 3 aliphatic rings. The molecular weight excluding hydrogens is 708 g/mol. The highest BCUT2D eigenvalue weighted by molar-refractivity contribution is 7.99. The van der Waals surface area contributed by atoms with Crippen LogP contribution >= 0.6 is 23.4 Å². The molecule has 3 saturated carbocycles. The third-order valence-electron chi connectivity index (χ3n) is 12.2. The topological polar surface area (TPSA) is 82.5 Å². The summed E-state index contributed by atoms with van der Waals surface area (Å²) in [6.07, 6.45) is 19.9. The summed E-state index contributed by atoms with van der Waals surface area (Å²) in [5.41, 5.74) is 6.84. The lowest BCUT2D eigenvalue weighted by atomic mass is 9.78. The highest BCUT2D eigenvalue weighted by atomic mass is 35.5. The summed E-state index contributed by atoms with van der Waals surface area (Å²) in [6.45, 7) is 3.72. The molecule has 0 spiro atoms. The Morgan fingerprint density at radius 2 is 1.74 bits per heavy atom. The molecule has 3 aliphatic carbocycles. The average molecular weight is 766 g/mol. The molecule has 0 radical (unpaired) electrons. The predicted octanol–water partition coefficient (Wildman–Crippen LogP) is 11.9. The first-order valence-electron chi connectivity index (χ1n) is 20.3. The van der Waals surface area contributed by atoms with Crippen LogP contribution in [0.25, 0.3) is 23.1 Å². The number of halogens is 1. The van der Waals surface area contributed by atoms with Crippen LogP contribution in [-0.2, 0) is 16.8 Å². The van der Waals surface area contributed by atoms with E-state index in [1.807, 2.05) is 55.9 Å². The predicted molar refractivity (Wildman–Crippen MR) is 226 cm³/mol. The third kappa shape index (κ3) is 10.2. The fraction of sp³-hybridized carbons (Fsp3) is 0.489. The van der Waals surface area contributed by atoms with Crippen molar-refractivity contribution in [3.05, 3.63) is 111 Å². The normalized spacial score (nSPS) is 21.0. The number of carboxylic acids is 1. The van der Waals surface area contributed by atoms with E-state index in [1.54, 1.807) is 0 Å². The molecule has 4 aromatic rings. The van der Waals surface area contributed by atoms with Crippen LogP contribution in [-0.4, -0.2) is 39.0 Å². The molecule has 3 aromatic carbocycles. The van der Waals surface area contributed by atoms with Gasteiger partial charge >= 0.3 is 5.97 Å². The molecule has 0 aliphatic heterocycles. The van der Waals surface area contributed by atoms with Crippen molar-refractivity contribution in [2.75, 3.05) is 5.75 Å². The Balaban J connectivity index is 1.21. The Kier molecular flexibility index (Phi) is 12.5. The zero-order valence-corrected chi connectivity index (χ0v) is 33.6. The molecule has 1 aromatic heterocycles. The van der Waals surface area contributed by atoms with Gasteiger partial charge in [-0.25, -0.2) is 4.98 Å². The molecule has 2 unspecified atom stereocenters. The van der Waals surface area contributed by atoms with Gasteiger partial charge < -0.3 is 15.5 Å². The molecule has 54 heavy (non-hydrogen) atoms. The zero-order chi connectivity index (χ0) is 37.7. The lowest BCUT2D eigenvalue weighted by Gasteiger charge is -2.35. The molecule has 0 bridgehead atoms. The number of aliphatic carboxylic acids is 1. The van der Waals surface area contributed by atoms with Gasteiger partial charge in [0.15, 0.2) is 0 Å². The molecule has 3 atom stereocenters. The Morgan fingerprint density at radius 3 is 2.52 bits per heavy atom. The Labute approximate surface area is 331 Å². The second-order valence-corrected chi connectivity index (χ2v) is 18.6. The summed E-state index contributed by atoms with van der Waals surface area (Å²) in [4.78, 5) is 16.8. The second kappa shape index (κ2) is 17.3. The second-order valence-electron chi connectivity index (χ2n) is 17.0. The largest absolute Gasteiger partial charge is 0.481 e. The smallest absolute Gasteiger partial charge is 0.303 e. The Morgan fingerprint density at radius 1 is 0.963 bits per heavy atom. The van der Waals surface area contributed by atoms with Crippen LogP contribution in [0, 0.1) is 5.41 Å². The molecule has 3 fully saturated rings. The molecule has 1 heterocycles. The van der Waals surface area contributed by atoms with E-state index in [-0.39, 0.29) is 17.1 Å². The maximum atomic E-state index is 11.8. The van der Waals surface area contributed by atoms with Crippen molar-refractivity contribution < 1.29 is 15.0 Å². The van der Waals surface area contributed by atoms with E-state index in [4.69, 9.17) is 16.6 Å². The highest BCUT2D eigenvalue weighted by Crippen LogP contribution is 2.53. The number of rotatable bonds is 15. The van der Waals surface area contributed by atoms with Crippen molar-refractivity contribution in [3.63, 3.8) is 0 Å². The number of thioether (sulfide) groups is 1. The van der Waals surface area contributed by atoms with Crippen LogP contribution in [0.2, 0.25) is 5.02 Å². The number of hydrogen-bond acceptors (Lipinski definition) is 5. The number of benzene rings is 3. The highest BCUT2D eigenvalue weighted by Gasteiger charge is 2.44. The summed E-state index contributed by atoms with van der Waals surface area (Å²) >= 11 is 8.26. The van der Waals surface area contributed by atoms with Gasteiger partial charge in [0.2, 0.25) is 0 Å². The lowest BCUT2D eigenvalue weighted by Crippen LogP contribution is -2.41. The quantitative estimate of drug-likeness (QED) is 0.112. The van der Waals surface area contributed by atoms with Gasteiger partial charge in [-0.15, -0.1) is 0 Å². The molecule has 7 heteroatoms. The number of aromatic nitrogens is 1. The summed E-state index contributed by atoms with van der Waals surface area (Å²) in [7, 11) is 0. The van der Waals surface area contributed by atoms with Gasteiger partial charge in [0.1, 0.15) is 0 Å². The number of aliphatic hydroxyl groups is 1. The van der Waals surface area contributed by atoms with Gasteiger partial charge in [0, 0.05) is 33.5 Å². The van der Waals surface area contributed by atoms with Gasteiger partial charge in [-0.1, -0.05) is 98.0 Å². The third-order valence-corrected chi connectivity index (χ3v) is 14.1. The van der Waals surface area contributed by atoms with Crippen molar-refractivity contribution in [1.29, 1.82) is 0 Å². The van der Waals surface area contributed by atoms with Gasteiger partial charge in [-0.3, -0.25) is 4.79 Å². The summed E-state index contributed by atoms with van der Waals surface area (Å²) < 4.78 is 0. The number of fused-ring (bicyclic) bond motifs is 1. The maximum absolute atomic E-state index is 11.8. The molecule has 3 N–H and O–H groups in total. The summed E-state index contributed by atoms with van der Waals surface area (Å²) in [6, 6.07) is 26.7. The summed E-state index contributed by atoms with van der Waals surface area (Å²) in [5.74, 6) is 0.617. The molecule has 0 saturated heterocycles. The van der Waals surface area contributed by atoms with Gasteiger partial charge in [-0.2, -0.15) is 11.8 Å². The minimum Gasteiger partial charge on any atom is -0.481 e. The number of carboxylic acid groups (broad SMARTS) is 1. The van der Waals surface area contributed by atoms with Crippen molar-refractivity contribution >= 4 is 52.4 Å². The SMILES string of the molecule is CC(C)(O)c1ccccc1CC[C@@H](SCC1(CC(=O)O)CC1)c1ccc(C2CCCC(NC3CCCCC3)C2)c(/C=C/c2ccc3ccc(Cl)cc3n2)c1. The Bertz CT molecular complexity index is 1940. The van der Waals surface area contributed by atoms with Crippen molar-refractivity contribution in [2.24, 2.45) is 5.41 Å². The first kappa shape index (κ1) is 39.1. The molecule has 5 nitrogen and oxygen atoms in total. The van der Waals surface area contributed by atoms with Crippen LogP contribution in [0.1, 0.15) is 142 Å². The minimum absolute atomic E-state index is 0.102. The summed E-state index contributed by atoms with van der Waals surface area (Å²) in [5, 5.41) is 26.7. The minimum atomic E-state index is -0.926. The Hall–Kier alpha value is -3.16. The average Bonchev–Trinajstić information content (AvgIpc) is 3.92. The van der Waals surface area contributed by atoms with Gasteiger partial charge in [0.25, 0.3) is 0 Å². The van der Waals surface area contributed by atoms with Crippen LogP contribution in [0.15, 0.2) is 72.8 Å². The number of hydrogen-bond donors (Lipinski definition) is 3. The molecule has 7 rings (SSSR count). The number of nitrogens with one attached hydrogen (secondary N) is 1. The van der Waals surface area contributed by atoms with Crippen molar-refractivity contribution in [2.45, 2.75) is 133 Å². The standard InChI is InChI=1S/C47H57ClN2O3S/c1-46(2,53)42-14-7-6-9-32(42)19-24-44(54-31-47(25-26-47)30-45(51)52)36-18-23-41(34-10-8-13-40(28-34)49-38-11-4-3-5-12-38)35(27-36)17-22-39-21-16-33-15-20-37(48)29-43(33)50-39/h6-7,9,14-18,20-23,27,29,34,38,40,44,49,53H,3-5,8,10-13,19,24-26,28,30-31H2,1-2H3,(H,51,52)/b22-17+/t34?,40?,44-/m1/s1. The van der Waals surface area contributed by atoms with Crippen molar-refractivity contribution in [3.8, 4) is 0 Å². The first-order valence-corrected chi connectivity index (χ1v) is 21.7. The van der Waals surface area contributed by atoms with E-state index in [0.29, 0.717) is 23.0 Å². The molecule has 0 amide bonds. The molecular formula is C47H57ClN2O3S. The van der Waals surface area contributed by atoms with Crippen LogP contribution in [0.4, 0.5) is 0 Å². The fourth-order valence-electron chi connectivity index (χ4n) is 9.03. The van der Waals surface area contributed by atoms with Crippen LogP contribution in [0.3, 0.4) is 0 Å². The number of nitrogens with zero attached hydrogens (tertiary/aromatic N) is 1. The lowest BCUT2D eigenvalue weighted by molar-refractivity contribution is -0.138. The van der Waals surface area contributed by atoms with Crippen LogP contribution < -0.4 is 5.32 Å². The van der Waals surface area contributed by atoms with E-state index in [0.717, 1.165) is 60.0 Å². The van der Waals surface area contributed by atoms with Gasteiger partial charge in [0.05, 0.1) is 23.2 Å². The monoisotopic (exact) mass is 764 g/mol. The number of carbonyl (C=O) groups is 1. The maximum Gasteiger partial charge on any atom is 0.303 e. The zero-order valence-electron chi connectivity index (χ0n) is 32.0. The number of pyridine rings is 1. The number of aryl methyl sites for hydroxylation is 1. The van der Waals surface area contributed by atoms with E-state index in [2.05, 4.69) is 59.9 Å². The van der Waals surface area contributed by atoms with E-state index in [1.165, 1.54) is 73.6 Å². The van der Waals surface area contributed by atoms with Crippen LogP contribution in [0.5, 0.6) is 0 Å². The van der Waals surface area contributed by atoms with Gasteiger partial charge in [-0.05, 0) is 135 Å². The van der Waals surface area contributed by atoms with E-state index < -0.39 is 11.6 Å².